The highest BCUT2D eigenvalue weighted by atomic mass is 31.2. The molecule has 0 spiro atoms. The molecule has 0 saturated heterocycles. The van der Waals surface area contributed by atoms with Crippen molar-refractivity contribution in [2.45, 2.75) is 0 Å². The normalized spacial score (nSPS) is 14.4. The van der Waals surface area contributed by atoms with E-state index in [1.54, 1.807) is 25.2 Å². The van der Waals surface area contributed by atoms with Crippen molar-refractivity contribution in [3.05, 3.63) is 24.4 Å². The molecule has 18 heavy (non-hydrogen) atoms. The Morgan fingerprint density at radius 2 is 2.11 bits per heavy atom. The van der Waals surface area contributed by atoms with E-state index < -0.39 is 7.60 Å². The number of aryl methyl sites for hydroxylation is 1. The van der Waals surface area contributed by atoms with Gasteiger partial charge < -0.3 is 18.7 Å². The summed E-state index contributed by atoms with van der Waals surface area (Å²) in [5, 5.41) is 4.78. The molecule has 0 aliphatic heterocycles. The van der Waals surface area contributed by atoms with Gasteiger partial charge in [-0.25, -0.2) is 0 Å². The number of fused-ring (bicyclic) bond motifs is 1. The minimum Gasteiger partial charge on any atom is -0.775 e. The van der Waals surface area contributed by atoms with Gasteiger partial charge in [0.15, 0.2) is 14.6 Å². The van der Waals surface area contributed by atoms with Crippen molar-refractivity contribution in [3.8, 4) is 5.75 Å². The third kappa shape index (κ3) is 2.22. The number of hydrogen-bond donors (Lipinski definition) is 0. The zero-order chi connectivity index (χ0) is 13.3. The van der Waals surface area contributed by atoms with Gasteiger partial charge in [0.2, 0.25) is 6.20 Å². The Hall–Kier alpha value is -1.49. The molecular formula is C11H13N2O4P. The van der Waals surface area contributed by atoms with Crippen LogP contribution in [0.15, 0.2) is 24.4 Å². The van der Waals surface area contributed by atoms with Crippen molar-refractivity contribution < 1.29 is 23.4 Å². The first-order valence-electron chi connectivity index (χ1n) is 5.20. The smallest absolute Gasteiger partial charge is 0.208 e. The highest BCUT2D eigenvalue weighted by molar-refractivity contribution is 7.60. The third-order valence-electron chi connectivity index (χ3n) is 2.59. The Morgan fingerprint density at radius 1 is 1.39 bits per heavy atom. The molecule has 1 aromatic carbocycles. The molecule has 2 aromatic rings. The fourth-order valence-electron chi connectivity index (χ4n) is 1.70. The van der Waals surface area contributed by atoms with E-state index in [0.29, 0.717) is 16.7 Å². The summed E-state index contributed by atoms with van der Waals surface area (Å²) < 4.78 is 23.0. The van der Waals surface area contributed by atoms with Gasteiger partial charge in [-0.1, -0.05) is 4.68 Å². The Bertz CT molecular complexity index is 644. The van der Waals surface area contributed by atoms with Gasteiger partial charge >= 0.3 is 0 Å². The molecule has 7 heteroatoms. The highest BCUT2D eigenvalue weighted by Gasteiger charge is 2.20. The minimum atomic E-state index is -4.09. The van der Waals surface area contributed by atoms with Crippen molar-refractivity contribution in [1.82, 2.24) is 5.10 Å². The maximum absolute atomic E-state index is 11.9. The Labute approximate surface area is 104 Å². The Kier molecular flexibility index (Phi) is 3.34. The summed E-state index contributed by atoms with van der Waals surface area (Å²) in [5.74, 6) is 0.565. The summed E-state index contributed by atoms with van der Waals surface area (Å²) in [6.45, 7) is 0. The summed E-state index contributed by atoms with van der Waals surface area (Å²) in [6, 6.07) is 5.05. The second-order valence-electron chi connectivity index (χ2n) is 3.75. The molecule has 1 atom stereocenters. The zero-order valence-electron chi connectivity index (χ0n) is 10.3. The van der Waals surface area contributed by atoms with Crippen LogP contribution in [-0.4, -0.2) is 19.3 Å². The van der Waals surface area contributed by atoms with Crippen LogP contribution >= 0.6 is 7.60 Å². The molecule has 1 heterocycles. The highest BCUT2D eigenvalue weighted by Crippen LogP contribution is 2.36. The molecule has 2 rings (SSSR count). The molecule has 1 unspecified atom stereocenters. The molecule has 0 N–H and O–H groups in total. The molecule has 96 valence electrons. The summed E-state index contributed by atoms with van der Waals surface area (Å²) in [7, 11) is 0.218. The SMILES string of the molecule is COc1ccc2n[n+](C)cc(P(=O)([O-])OC)c2c1. The van der Waals surface area contributed by atoms with Crippen LogP contribution in [0.3, 0.4) is 0 Å². The number of aromatic nitrogens is 2. The van der Waals surface area contributed by atoms with Gasteiger partial charge in [0, 0.05) is 12.5 Å². The standard InChI is InChI=1S/C11H13N2O4P/c1-13-7-11(18(14,15)17-3)9-6-8(16-2)4-5-10(9)12-13/h4-7H,1-3H3. The van der Waals surface area contributed by atoms with Gasteiger partial charge in [0.25, 0.3) is 0 Å². The molecule has 0 aliphatic rings. The largest absolute Gasteiger partial charge is 0.775 e. The van der Waals surface area contributed by atoms with E-state index in [0.717, 1.165) is 7.11 Å². The van der Waals surface area contributed by atoms with Crippen molar-refractivity contribution in [3.63, 3.8) is 0 Å². The predicted molar refractivity (Wildman–Crippen MR) is 63.7 cm³/mol. The van der Waals surface area contributed by atoms with Crippen molar-refractivity contribution in [1.29, 1.82) is 0 Å². The molecule has 0 aliphatic carbocycles. The van der Waals surface area contributed by atoms with Crippen molar-refractivity contribution >= 4 is 23.8 Å². The average Bonchev–Trinajstić information content (AvgIpc) is 2.37. The number of rotatable bonds is 3. The zero-order valence-corrected chi connectivity index (χ0v) is 11.2. The molecule has 0 fully saturated rings. The third-order valence-corrected chi connectivity index (χ3v) is 4.02. The number of methoxy groups -OCH3 is 1. The number of hydrogen-bond acceptors (Lipinski definition) is 5. The van der Waals surface area contributed by atoms with Crippen molar-refractivity contribution in [2.24, 2.45) is 7.05 Å². The van der Waals surface area contributed by atoms with Crippen LogP contribution in [0.4, 0.5) is 0 Å². The van der Waals surface area contributed by atoms with Gasteiger partial charge in [-0.2, -0.15) is 0 Å². The van der Waals surface area contributed by atoms with E-state index in [1.165, 1.54) is 18.0 Å². The lowest BCUT2D eigenvalue weighted by molar-refractivity contribution is -0.727. The van der Waals surface area contributed by atoms with Crippen molar-refractivity contribution in [2.75, 3.05) is 14.2 Å². The van der Waals surface area contributed by atoms with Crippen LogP contribution in [-0.2, 0) is 16.1 Å². The molecular weight excluding hydrogens is 255 g/mol. The summed E-state index contributed by atoms with van der Waals surface area (Å²) >= 11 is 0. The lowest BCUT2D eigenvalue weighted by Crippen LogP contribution is -2.37. The number of ether oxygens (including phenoxy) is 1. The minimum absolute atomic E-state index is 0.0939. The molecule has 0 radical (unpaired) electrons. The predicted octanol–water partition coefficient (Wildman–Crippen LogP) is -0.107. The van der Waals surface area contributed by atoms with Crippen LogP contribution in [0, 0.1) is 0 Å². The van der Waals surface area contributed by atoms with Gasteiger partial charge in [-0.05, 0) is 23.3 Å². The summed E-state index contributed by atoms with van der Waals surface area (Å²) in [4.78, 5) is 11.9. The fourth-order valence-corrected chi connectivity index (χ4v) is 2.68. The van der Waals surface area contributed by atoms with E-state index in [9.17, 15) is 9.46 Å². The van der Waals surface area contributed by atoms with Gasteiger partial charge in [-0.15, -0.1) is 0 Å². The summed E-state index contributed by atoms with van der Waals surface area (Å²) in [6.07, 6.45) is 1.42. The maximum Gasteiger partial charge on any atom is 0.208 e. The first-order valence-corrected chi connectivity index (χ1v) is 6.74. The van der Waals surface area contributed by atoms with E-state index in [1.807, 2.05) is 0 Å². The lowest BCUT2D eigenvalue weighted by Gasteiger charge is -2.20. The van der Waals surface area contributed by atoms with E-state index in [4.69, 9.17) is 4.74 Å². The maximum atomic E-state index is 11.9. The molecule has 0 saturated carbocycles. The quantitative estimate of drug-likeness (QED) is 0.573. The molecule has 0 bridgehead atoms. The second-order valence-corrected chi connectivity index (χ2v) is 5.59. The van der Waals surface area contributed by atoms with E-state index in [-0.39, 0.29) is 5.30 Å². The number of benzene rings is 1. The second kappa shape index (κ2) is 4.65. The monoisotopic (exact) mass is 268 g/mol. The van der Waals surface area contributed by atoms with E-state index in [2.05, 4.69) is 9.62 Å². The van der Waals surface area contributed by atoms with Crippen LogP contribution in [0.2, 0.25) is 0 Å². The summed E-state index contributed by atoms with van der Waals surface area (Å²) in [5.41, 5.74) is 0.559. The fraction of sp³-hybridized carbons (Fsp3) is 0.273. The Balaban J connectivity index is 2.81. The van der Waals surface area contributed by atoms with Crippen LogP contribution < -0.4 is 19.6 Å². The van der Waals surface area contributed by atoms with Crippen LogP contribution in [0.5, 0.6) is 5.75 Å². The average molecular weight is 268 g/mol. The van der Waals surface area contributed by atoms with Crippen LogP contribution in [0.1, 0.15) is 0 Å². The molecule has 0 amide bonds. The first kappa shape index (κ1) is 13.0. The van der Waals surface area contributed by atoms with Gasteiger partial charge in [-0.3, -0.25) is 0 Å². The first-order chi connectivity index (χ1) is 8.47. The lowest BCUT2D eigenvalue weighted by atomic mass is 10.2. The number of nitrogens with zero attached hydrogens (tertiary/aromatic N) is 2. The Morgan fingerprint density at radius 3 is 2.72 bits per heavy atom. The molecule has 6 nitrogen and oxygen atoms in total. The molecule has 1 aromatic heterocycles. The topological polar surface area (TPSA) is 75.4 Å². The van der Waals surface area contributed by atoms with Gasteiger partial charge in [0.05, 0.1) is 12.4 Å². The van der Waals surface area contributed by atoms with Gasteiger partial charge in [0.1, 0.15) is 11.3 Å². The van der Waals surface area contributed by atoms with E-state index >= 15 is 0 Å². The van der Waals surface area contributed by atoms with Crippen LogP contribution in [0.25, 0.3) is 10.9 Å².